The number of carbonyl (C=O) groups is 1. The van der Waals surface area contributed by atoms with Crippen LogP contribution in [0.25, 0.3) is 0 Å². The number of hydrogen-bond acceptors (Lipinski definition) is 6. The van der Waals surface area contributed by atoms with Crippen LogP contribution in [-0.2, 0) is 14.6 Å². The molecule has 3 rings (SSSR count). The van der Waals surface area contributed by atoms with Gasteiger partial charge < -0.3 is 14.7 Å². The number of halogens is 1. The van der Waals surface area contributed by atoms with E-state index in [0.717, 1.165) is 24.9 Å². The summed E-state index contributed by atoms with van der Waals surface area (Å²) in [5.74, 6) is -3.19. The zero-order chi connectivity index (χ0) is 23.3. The lowest BCUT2D eigenvalue weighted by Crippen LogP contribution is -2.26. The Hall–Kier alpha value is -2.52. The van der Waals surface area contributed by atoms with E-state index in [1.807, 2.05) is 35.2 Å². The van der Waals surface area contributed by atoms with Crippen LogP contribution in [0.2, 0.25) is 0 Å². The van der Waals surface area contributed by atoms with E-state index in [1.54, 1.807) is 12.3 Å². The number of para-hydroxylation sites is 1. The zero-order valence-corrected chi connectivity index (χ0v) is 19.6. The van der Waals surface area contributed by atoms with E-state index in [0.29, 0.717) is 23.4 Å². The Bertz CT molecular complexity index is 1100. The largest absolute Gasteiger partial charge is 0.476 e. The highest BCUT2D eigenvalue weighted by Crippen LogP contribution is 2.43. The third-order valence-electron chi connectivity index (χ3n) is 5.29. The van der Waals surface area contributed by atoms with Gasteiger partial charge in [-0.15, -0.1) is 11.8 Å². The molecular weight excluding hydrogens is 453 g/mol. The second-order valence-electron chi connectivity index (χ2n) is 7.60. The molecule has 0 aliphatic carbocycles. The number of carboxylic acid groups (broad SMARTS) is 1. The Balaban J connectivity index is 2.16. The first-order valence-corrected chi connectivity index (χ1v) is 13.2. The molecule has 0 amide bonds. The van der Waals surface area contributed by atoms with Crippen molar-refractivity contribution in [2.24, 2.45) is 5.92 Å². The minimum absolute atomic E-state index is 0.000709. The van der Waals surface area contributed by atoms with Crippen molar-refractivity contribution in [3.8, 4) is 5.75 Å². The summed E-state index contributed by atoms with van der Waals surface area (Å²) in [6.07, 6.45) is 4.96. The van der Waals surface area contributed by atoms with E-state index in [-0.39, 0.29) is 22.3 Å². The Labute approximate surface area is 192 Å². The molecule has 1 unspecified atom stereocenters. The minimum Gasteiger partial charge on any atom is -0.476 e. The van der Waals surface area contributed by atoms with Gasteiger partial charge in [-0.25, -0.2) is 13.2 Å². The van der Waals surface area contributed by atoms with Gasteiger partial charge in [0.05, 0.1) is 21.2 Å². The molecule has 32 heavy (non-hydrogen) atoms. The number of ether oxygens (including phenoxy) is 1. The van der Waals surface area contributed by atoms with Crippen LogP contribution in [0.15, 0.2) is 64.3 Å². The molecule has 0 fully saturated rings. The second kappa shape index (κ2) is 10.4. The molecule has 1 N–H and O–H groups in total. The predicted octanol–water partition coefficient (Wildman–Crippen LogP) is 5.41. The maximum absolute atomic E-state index is 13.5. The summed E-state index contributed by atoms with van der Waals surface area (Å²) in [6, 6.07) is 12.7. The van der Waals surface area contributed by atoms with Gasteiger partial charge in [-0.2, -0.15) is 4.39 Å². The first kappa shape index (κ1) is 24.1. The average Bonchev–Trinajstić information content (AvgIpc) is 2.89. The SMILES string of the molecule is CCCCC1CN(c2ccccc2)c2cc(SC)c(O/C=C(\F)C(=O)O)cc2S(=O)(=O)C1. The highest BCUT2D eigenvalue weighted by Gasteiger charge is 2.33. The topological polar surface area (TPSA) is 83.9 Å². The number of fused-ring (bicyclic) bond motifs is 1. The molecule has 0 bridgehead atoms. The summed E-state index contributed by atoms with van der Waals surface area (Å²) in [5, 5.41) is 8.73. The number of benzene rings is 2. The first-order valence-electron chi connectivity index (χ1n) is 10.3. The molecule has 0 spiro atoms. The number of rotatable bonds is 8. The fourth-order valence-corrected chi connectivity index (χ4v) is 6.12. The number of anilines is 2. The normalized spacial score (nSPS) is 18.0. The van der Waals surface area contributed by atoms with Crippen molar-refractivity contribution in [2.75, 3.05) is 23.5 Å². The standard InChI is InChI=1S/C23H26FNO5S2/c1-3-4-8-16-13-25(17-9-6-5-7-10-17)19-11-21(31-2)20(30-14-18(24)23(26)27)12-22(19)32(28,29)15-16/h5-7,9-12,14,16H,3-4,8,13,15H2,1-2H3,(H,26,27)/b18-14-. The first-order chi connectivity index (χ1) is 15.3. The maximum Gasteiger partial charge on any atom is 0.368 e. The van der Waals surface area contributed by atoms with Crippen molar-refractivity contribution in [1.82, 2.24) is 0 Å². The Morgan fingerprint density at radius 2 is 2.03 bits per heavy atom. The molecule has 0 saturated carbocycles. The van der Waals surface area contributed by atoms with Gasteiger partial charge in [-0.05, 0) is 36.8 Å². The van der Waals surface area contributed by atoms with E-state index in [4.69, 9.17) is 9.84 Å². The van der Waals surface area contributed by atoms with Crippen LogP contribution >= 0.6 is 11.8 Å². The lowest BCUT2D eigenvalue weighted by molar-refractivity contribution is -0.134. The third kappa shape index (κ3) is 5.45. The van der Waals surface area contributed by atoms with Crippen LogP contribution in [0.1, 0.15) is 26.2 Å². The number of nitrogens with zero attached hydrogens (tertiary/aromatic N) is 1. The summed E-state index contributed by atoms with van der Waals surface area (Å²) in [7, 11) is -3.66. The fraction of sp³-hybridized carbons (Fsp3) is 0.348. The lowest BCUT2D eigenvalue weighted by atomic mass is 10.0. The maximum atomic E-state index is 13.5. The molecular formula is C23H26FNO5S2. The summed E-state index contributed by atoms with van der Waals surface area (Å²) in [6.45, 7) is 2.63. The minimum atomic E-state index is -3.66. The van der Waals surface area contributed by atoms with Gasteiger partial charge in [0, 0.05) is 18.3 Å². The van der Waals surface area contributed by atoms with Crippen molar-refractivity contribution in [3.63, 3.8) is 0 Å². The quantitative estimate of drug-likeness (QED) is 0.308. The summed E-state index contributed by atoms with van der Waals surface area (Å²) >= 11 is 1.30. The van der Waals surface area contributed by atoms with Crippen LogP contribution in [0, 0.1) is 5.92 Å². The molecule has 2 aromatic rings. The number of aliphatic carboxylic acids is 1. The van der Waals surface area contributed by atoms with Crippen molar-refractivity contribution in [2.45, 2.75) is 36.0 Å². The monoisotopic (exact) mass is 479 g/mol. The molecule has 9 heteroatoms. The third-order valence-corrected chi connectivity index (χ3v) is 7.96. The molecule has 1 atom stereocenters. The van der Waals surface area contributed by atoms with Gasteiger partial charge in [-0.3, -0.25) is 0 Å². The van der Waals surface area contributed by atoms with Crippen molar-refractivity contribution < 1.29 is 27.4 Å². The van der Waals surface area contributed by atoms with E-state index in [9.17, 15) is 17.6 Å². The molecule has 1 aliphatic rings. The summed E-state index contributed by atoms with van der Waals surface area (Å²) in [5.41, 5.74) is 1.42. The molecule has 0 saturated heterocycles. The van der Waals surface area contributed by atoms with E-state index in [2.05, 4.69) is 6.92 Å². The van der Waals surface area contributed by atoms with Gasteiger partial charge >= 0.3 is 5.97 Å². The number of unbranched alkanes of at least 4 members (excludes halogenated alkanes) is 1. The molecule has 0 aromatic heterocycles. The van der Waals surface area contributed by atoms with Crippen molar-refractivity contribution in [3.05, 3.63) is 54.6 Å². The molecule has 6 nitrogen and oxygen atoms in total. The second-order valence-corrected chi connectivity index (χ2v) is 10.4. The highest BCUT2D eigenvalue weighted by molar-refractivity contribution is 7.98. The highest BCUT2D eigenvalue weighted by atomic mass is 32.2. The van der Waals surface area contributed by atoms with Crippen LogP contribution in [0.5, 0.6) is 5.75 Å². The van der Waals surface area contributed by atoms with Crippen molar-refractivity contribution in [1.29, 1.82) is 0 Å². The smallest absolute Gasteiger partial charge is 0.368 e. The zero-order valence-electron chi connectivity index (χ0n) is 18.0. The van der Waals surface area contributed by atoms with Crippen LogP contribution in [0.4, 0.5) is 15.8 Å². The molecule has 1 aliphatic heterocycles. The number of hydrogen-bond donors (Lipinski definition) is 1. The van der Waals surface area contributed by atoms with E-state index >= 15 is 0 Å². The summed E-state index contributed by atoms with van der Waals surface area (Å²) in [4.78, 5) is 13.4. The molecule has 1 heterocycles. The lowest BCUT2D eigenvalue weighted by Gasteiger charge is -2.28. The van der Waals surface area contributed by atoms with Gasteiger partial charge in [0.1, 0.15) is 12.0 Å². The number of sulfone groups is 1. The van der Waals surface area contributed by atoms with E-state index in [1.165, 1.54) is 17.8 Å². The molecule has 2 aromatic carbocycles. The van der Waals surface area contributed by atoms with Crippen LogP contribution in [-0.4, -0.2) is 38.0 Å². The van der Waals surface area contributed by atoms with Gasteiger partial charge in [0.15, 0.2) is 9.84 Å². The Morgan fingerprint density at radius 1 is 1.31 bits per heavy atom. The number of carboxylic acids is 1. The van der Waals surface area contributed by atoms with Crippen LogP contribution < -0.4 is 9.64 Å². The molecule has 172 valence electrons. The molecule has 0 radical (unpaired) electrons. The van der Waals surface area contributed by atoms with Gasteiger partial charge in [0.2, 0.25) is 5.83 Å². The Morgan fingerprint density at radius 3 is 2.66 bits per heavy atom. The van der Waals surface area contributed by atoms with Crippen molar-refractivity contribution >= 4 is 38.9 Å². The van der Waals surface area contributed by atoms with Gasteiger partial charge in [0.25, 0.3) is 0 Å². The van der Waals surface area contributed by atoms with Gasteiger partial charge in [-0.1, -0.05) is 38.0 Å². The fourth-order valence-electron chi connectivity index (χ4n) is 3.74. The summed E-state index contributed by atoms with van der Waals surface area (Å²) < 4.78 is 45.5. The predicted molar refractivity (Wildman–Crippen MR) is 124 cm³/mol. The Kier molecular flexibility index (Phi) is 7.84. The van der Waals surface area contributed by atoms with E-state index < -0.39 is 21.6 Å². The average molecular weight is 480 g/mol. The van der Waals surface area contributed by atoms with Crippen LogP contribution in [0.3, 0.4) is 0 Å². The number of thioether (sulfide) groups is 1.